The molecule has 1 fully saturated rings. The molecule has 0 aromatic heterocycles. The van der Waals surface area contributed by atoms with Gasteiger partial charge < -0.3 is 10.1 Å². The number of ether oxygens (including phenoxy) is 1. The van der Waals surface area contributed by atoms with Crippen molar-refractivity contribution in [1.82, 2.24) is 5.32 Å². The van der Waals surface area contributed by atoms with Gasteiger partial charge in [0.25, 0.3) is 16.6 Å². The van der Waals surface area contributed by atoms with Crippen LogP contribution in [0.5, 0.6) is 0 Å². The molecule has 114 valence electrons. The maximum atomic E-state index is 10.6. The van der Waals surface area contributed by atoms with E-state index in [0.29, 0.717) is 19.0 Å². The Kier molecular flexibility index (Phi) is 8.20. The summed E-state index contributed by atoms with van der Waals surface area (Å²) in [7, 11) is -3.24. The van der Waals surface area contributed by atoms with Crippen LogP contribution >= 0.6 is 0 Å². The standard InChI is InChI=1S/C7H15NO3S.C5H10O2/c1-12(9,10)11-5-3-7-2-4-8-6-7;1-5(2,3)7-4-6/h7-8H,2-6H2,1H3;4H,1-3H3. The Hall–Kier alpha value is -0.660. The fourth-order valence-corrected chi connectivity index (χ4v) is 1.87. The molecule has 1 rings (SSSR count). The summed E-state index contributed by atoms with van der Waals surface area (Å²) in [5.74, 6) is 0.590. The molecule has 1 heterocycles. The van der Waals surface area contributed by atoms with Crippen LogP contribution in [0.3, 0.4) is 0 Å². The van der Waals surface area contributed by atoms with Gasteiger partial charge in [0.1, 0.15) is 5.60 Å². The fraction of sp³-hybridized carbons (Fsp3) is 0.917. The molecule has 1 N–H and O–H groups in total. The van der Waals surface area contributed by atoms with Crippen LogP contribution in [-0.4, -0.2) is 46.4 Å². The second-order valence-electron chi connectivity index (χ2n) is 5.50. The van der Waals surface area contributed by atoms with Crippen LogP contribution < -0.4 is 5.32 Å². The lowest BCUT2D eigenvalue weighted by atomic mass is 10.1. The lowest BCUT2D eigenvalue weighted by Crippen LogP contribution is -2.17. The van der Waals surface area contributed by atoms with Gasteiger partial charge in [-0.05, 0) is 52.6 Å². The monoisotopic (exact) mass is 295 g/mol. The van der Waals surface area contributed by atoms with Crippen molar-refractivity contribution < 1.29 is 22.1 Å². The van der Waals surface area contributed by atoms with Gasteiger partial charge in [0.05, 0.1) is 12.9 Å². The predicted octanol–water partition coefficient (Wildman–Crippen LogP) is 0.920. The first-order valence-corrected chi connectivity index (χ1v) is 8.12. The van der Waals surface area contributed by atoms with Gasteiger partial charge in [-0.3, -0.25) is 8.98 Å². The molecule has 0 radical (unpaired) electrons. The van der Waals surface area contributed by atoms with E-state index in [9.17, 15) is 13.2 Å². The summed E-state index contributed by atoms with van der Waals surface area (Å²) in [6.45, 7) is 8.28. The third-order valence-electron chi connectivity index (χ3n) is 2.39. The summed E-state index contributed by atoms with van der Waals surface area (Å²) in [4.78, 5) is 9.60. The second kappa shape index (κ2) is 8.50. The zero-order chi connectivity index (χ0) is 14.9. The quantitative estimate of drug-likeness (QED) is 0.600. The van der Waals surface area contributed by atoms with E-state index in [1.807, 2.05) is 20.8 Å². The van der Waals surface area contributed by atoms with Crippen molar-refractivity contribution in [2.75, 3.05) is 26.0 Å². The number of carbonyl (C=O) groups excluding carboxylic acids is 1. The van der Waals surface area contributed by atoms with Gasteiger partial charge in [-0.2, -0.15) is 8.42 Å². The fourth-order valence-electron chi connectivity index (χ4n) is 1.47. The van der Waals surface area contributed by atoms with Crippen LogP contribution in [0, 0.1) is 5.92 Å². The highest BCUT2D eigenvalue weighted by atomic mass is 32.2. The van der Waals surface area contributed by atoms with E-state index in [1.165, 1.54) is 0 Å². The van der Waals surface area contributed by atoms with Gasteiger partial charge in [-0.1, -0.05) is 0 Å². The average Bonchev–Trinajstić information content (AvgIpc) is 2.67. The summed E-state index contributed by atoms with van der Waals surface area (Å²) in [6.07, 6.45) is 3.05. The van der Waals surface area contributed by atoms with Crippen LogP contribution in [0.4, 0.5) is 0 Å². The minimum atomic E-state index is -3.24. The van der Waals surface area contributed by atoms with Crippen LogP contribution in [0.2, 0.25) is 0 Å². The van der Waals surface area contributed by atoms with Gasteiger partial charge in [-0.15, -0.1) is 0 Å². The van der Waals surface area contributed by atoms with Crippen molar-refractivity contribution in [2.45, 2.75) is 39.2 Å². The SMILES string of the molecule is CC(C)(C)OC=O.CS(=O)(=O)OCCC1CCNC1. The summed E-state index contributed by atoms with van der Waals surface area (Å²) in [5.41, 5.74) is -0.318. The number of hydrogen-bond donors (Lipinski definition) is 1. The van der Waals surface area contributed by atoms with E-state index in [2.05, 4.69) is 14.2 Å². The highest BCUT2D eigenvalue weighted by molar-refractivity contribution is 7.85. The molecule has 19 heavy (non-hydrogen) atoms. The lowest BCUT2D eigenvalue weighted by molar-refractivity contribution is -0.138. The van der Waals surface area contributed by atoms with E-state index in [0.717, 1.165) is 32.2 Å². The lowest BCUT2D eigenvalue weighted by Gasteiger charge is -2.14. The first-order chi connectivity index (χ1) is 8.64. The van der Waals surface area contributed by atoms with Crippen molar-refractivity contribution in [3.63, 3.8) is 0 Å². The smallest absolute Gasteiger partial charge is 0.293 e. The molecule has 0 spiro atoms. The van der Waals surface area contributed by atoms with Gasteiger partial charge in [-0.25, -0.2) is 0 Å². The first-order valence-electron chi connectivity index (χ1n) is 6.30. The Labute approximate surface area is 116 Å². The molecule has 1 atom stereocenters. The molecule has 0 aromatic carbocycles. The molecule has 0 aromatic rings. The maximum Gasteiger partial charge on any atom is 0.293 e. The van der Waals surface area contributed by atoms with Crippen LogP contribution in [-0.2, 0) is 23.8 Å². The minimum Gasteiger partial charge on any atom is -0.462 e. The number of nitrogens with one attached hydrogen (secondary N) is 1. The minimum absolute atomic E-state index is 0.318. The zero-order valence-electron chi connectivity index (χ0n) is 12.1. The summed E-state index contributed by atoms with van der Waals surface area (Å²) in [6, 6.07) is 0. The predicted molar refractivity (Wildman–Crippen MR) is 73.3 cm³/mol. The number of carbonyl (C=O) groups is 1. The topological polar surface area (TPSA) is 81.7 Å². The molecule has 6 nitrogen and oxygen atoms in total. The van der Waals surface area contributed by atoms with E-state index in [4.69, 9.17) is 0 Å². The normalized spacial score (nSPS) is 19.5. The molecule has 0 saturated carbocycles. The molecule has 1 aliphatic heterocycles. The summed E-state index contributed by atoms with van der Waals surface area (Å²) < 4.78 is 30.3. The molecular formula is C12H25NO5S. The zero-order valence-corrected chi connectivity index (χ0v) is 13.0. The summed E-state index contributed by atoms with van der Waals surface area (Å²) >= 11 is 0. The third kappa shape index (κ3) is 13.6. The van der Waals surface area contributed by atoms with Crippen molar-refractivity contribution in [2.24, 2.45) is 5.92 Å². The van der Waals surface area contributed by atoms with Crippen LogP contribution in [0.25, 0.3) is 0 Å². The number of hydrogen-bond acceptors (Lipinski definition) is 6. The molecule has 0 amide bonds. The van der Waals surface area contributed by atoms with Gasteiger partial charge in [0.15, 0.2) is 0 Å². The van der Waals surface area contributed by atoms with Gasteiger partial charge in [0, 0.05) is 0 Å². The molecular weight excluding hydrogens is 270 g/mol. The largest absolute Gasteiger partial charge is 0.462 e. The molecule has 1 saturated heterocycles. The first kappa shape index (κ1) is 18.3. The van der Waals surface area contributed by atoms with E-state index >= 15 is 0 Å². The molecule has 0 bridgehead atoms. The third-order valence-corrected chi connectivity index (χ3v) is 2.98. The Bertz CT molecular complexity index is 342. The second-order valence-corrected chi connectivity index (χ2v) is 7.14. The van der Waals surface area contributed by atoms with Crippen molar-refractivity contribution in [3.05, 3.63) is 0 Å². The molecule has 7 heteroatoms. The highest BCUT2D eigenvalue weighted by Crippen LogP contribution is 2.12. The van der Waals surface area contributed by atoms with Crippen LogP contribution in [0.15, 0.2) is 0 Å². The van der Waals surface area contributed by atoms with Gasteiger partial charge >= 0.3 is 0 Å². The van der Waals surface area contributed by atoms with E-state index < -0.39 is 10.1 Å². The Morgan fingerprint density at radius 1 is 1.37 bits per heavy atom. The van der Waals surface area contributed by atoms with Crippen LogP contribution in [0.1, 0.15) is 33.6 Å². The average molecular weight is 295 g/mol. The van der Waals surface area contributed by atoms with E-state index in [1.54, 1.807) is 0 Å². The van der Waals surface area contributed by atoms with Crippen molar-refractivity contribution >= 4 is 16.6 Å². The molecule has 1 aliphatic rings. The Morgan fingerprint density at radius 2 is 2.00 bits per heavy atom. The maximum absolute atomic E-state index is 10.6. The van der Waals surface area contributed by atoms with Crippen molar-refractivity contribution in [1.29, 1.82) is 0 Å². The van der Waals surface area contributed by atoms with Crippen molar-refractivity contribution in [3.8, 4) is 0 Å². The molecule has 1 unspecified atom stereocenters. The molecule has 0 aliphatic carbocycles. The van der Waals surface area contributed by atoms with E-state index in [-0.39, 0.29) is 5.60 Å². The van der Waals surface area contributed by atoms with Gasteiger partial charge in [0.2, 0.25) is 0 Å². The Morgan fingerprint density at radius 3 is 2.32 bits per heavy atom. The Balaban J connectivity index is 0.000000399. The number of rotatable bonds is 5. The summed E-state index contributed by atoms with van der Waals surface area (Å²) in [5, 5.41) is 3.21. The highest BCUT2D eigenvalue weighted by Gasteiger charge is 2.14.